The second kappa shape index (κ2) is 9.25. The van der Waals surface area contributed by atoms with Crippen molar-refractivity contribution in [3.05, 3.63) is 52.3 Å². The second-order valence-corrected chi connectivity index (χ2v) is 8.37. The lowest BCUT2D eigenvalue weighted by Gasteiger charge is -2.25. The Labute approximate surface area is 176 Å². The Balaban J connectivity index is 1.49. The van der Waals surface area contributed by atoms with Crippen molar-refractivity contribution < 1.29 is 13.6 Å². The summed E-state index contributed by atoms with van der Waals surface area (Å²) < 4.78 is 28.6. The normalized spacial score (nSPS) is 19.4. The van der Waals surface area contributed by atoms with E-state index in [1.54, 1.807) is 6.07 Å². The molecule has 0 saturated carbocycles. The predicted octanol–water partition coefficient (Wildman–Crippen LogP) is 3.84. The van der Waals surface area contributed by atoms with Gasteiger partial charge in [-0.2, -0.15) is 5.10 Å². The van der Waals surface area contributed by atoms with Crippen molar-refractivity contribution in [1.29, 1.82) is 0 Å². The summed E-state index contributed by atoms with van der Waals surface area (Å²) in [5.41, 5.74) is 3.54. The molecule has 162 valence electrons. The molecule has 1 aromatic carbocycles. The number of halogens is 2. The van der Waals surface area contributed by atoms with Crippen LogP contribution >= 0.6 is 0 Å². The molecule has 1 aromatic heterocycles. The highest BCUT2D eigenvalue weighted by Gasteiger charge is 2.31. The fraction of sp³-hybridized carbons (Fsp3) is 0.565. The van der Waals surface area contributed by atoms with E-state index in [0.29, 0.717) is 17.8 Å². The monoisotopic (exact) mass is 416 g/mol. The van der Waals surface area contributed by atoms with Gasteiger partial charge in [-0.05, 0) is 56.7 Å². The minimum absolute atomic E-state index is 0.0570. The SMILES string of the molecule is CCn1nc(C(=O)N2CCCCCC2)c2c1CC[C@H](NCc1ccc(F)c(F)c1)C2. The van der Waals surface area contributed by atoms with Gasteiger partial charge in [-0.1, -0.05) is 18.9 Å². The lowest BCUT2D eigenvalue weighted by molar-refractivity contribution is 0.0753. The van der Waals surface area contributed by atoms with E-state index >= 15 is 0 Å². The lowest BCUT2D eigenvalue weighted by atomic mass is 9.91. The number of nitrogens with zero attached hydrogens (tertiary/aromatic N) is 3. The Hall–Kier alpha value is -2.28. The van der Waals surface area contributed by atoms with E-state index in [4.69, 9.17) is 5.10 Å². The topological polar surface area (TPSA) is 50.2 Å². The van der Waals surface area contributed by atoms with E-state index in [1.165, 1.54) is 24.6 Å². The molecule has 0 unspecified atom stereocenters. The molecule has 1 atom stereocenters. The number of nitrogens with one attached hydrogen (secondary N) is 1. The first-order valence-electron chi connectivity index (χ1n) is 11.1. The average Bonchev–Trinajstić information content (AvgIpc) is 2.92. The highest BCUT2D eigenvalue weighted by molar-refractivity contribution is 5.94. The number of fused-ring (bicyclic) bond motifs is 1. The number of aryl methyl sites for hydroxylation is 1. The number of likely N-dealkylation sites (tertiary alicyclic amines) is 1. The lowest BCUT2D eigenvalue weighted by Crippen LogP contribution is -2.36. The zero-order valence-electron chi connectivity index (χ0n) is 17.6. The van der Waals surface area contributed by atoms with Gasteiger partial charge in [-0.25, -0.2) is 8.78 Å². The van der Waals surface area contributed by atoms with Crippen molar-refractivity contribution in [3.63, 3.8) is 0 Å². The van der Waals surface area contributed by atoms with E-state index in [1.807, 2.05) is 9.58 Å². The van der Waals surface area contributed by atoms with Gasteiger partial charge in [0.05, 0.1) is 0 Å². The molecule has 1 N–H and O–H groups in total. The average molecular weight is 417 g/mol. The van der Waals surface area contributed by atoms with Gasteiger partial charge in [0.25, 0.3) is 5.91 Å². The van der Waals surface area contributed by atoms with Crippen molar-refractivity contribution >= 4 is 5.91 Å². The second-order valence-electron chi connectivity index (χ2n) is 8.37. The molecule has 1 aliphatic heterocycles. The third-order valence-electron chi connectivity index (χ3n) is 6.32. The molecule has 4 rings (SSSR count). The van der Waals surface area contributed by atoms with Gasteiger partial charge in [0.1, 0.15) is 0 Å². The minimum atomic E-state index is -0.829. The standard InChI is InChI=1S/C23H30F2N4O/c1-2-29-21-10-8-17(26-15-16-7-9-19(24)20(25)13-16)14-18(21)22(27-29)23(30)28-11-5-3-4-6-12-28/h7,9,13,17,26H,2-6,8,10-12,14-15H2,1H3/t17-/m0/s1. The molecule has 1 aliphatic carbocycles. The Kier molecular flexibility index (Phi) is 6.46. The number of benzene rings is 1. The number of hydrogen-bond acceptors (Lipinski definition) is 3. The Morgan fingerprint density at radius 2 is 1.93 bits per heavy atom. The third kappa shape index (κ3) is 4.41. The highest BCUT2D eigenvalue weighted by atomic mass is 19.2. The van der Waals surface area contributed by atoms with Crippen LogP contribution in [0.2, 0.25) is 0 Å². The highest BCUT2D eigenvalue weighted by Crippen LogP contribution is 2.27. The molecule has 5 nitrogen and oxygen atoms in total. The zero-order valence-corrected chi connectivity index (χ0v) is 17.6. The van der Waals surface area contributed by atoms with Crippen molar-refractivity contribution in [2.75, 3.05) is 13.1 Å². The van der Waals surface area contributed by atoms with Crippen LogP contribution < -0.4 is 5.32 Å². The van der Waals surface area contributed by atoms with Crippen LogP contribution in [0, 0.1) is 11.6 Å². The first kappa shape index (κ1) is 21.0. The maximum absolute atomic E-state index is 13.5. The van der Waals surface area contributed by atoms with Gasteiger partial charge in [0, 0.05) is 43.5 Å². The van der Waals surface area contributed by atoms with Crippen LogP contribution in [0.4, 0.5) is 8.78 Å². The Morgan fingerprint density at radius 3 is 2.63 bits per heavy atom. The van der Waals surface area contributed by atoms with Crippen LogP contribution in [0.5, 0.6) is 0 Å². The first-order chi connectivity index (χ1) is 14.6. The number of aromatic nitrogens is 2. The van der Waals surface area contributed by atoms with Gasteiger partial charge in [0.15, 0.2) is 17.3 Å². The summed E-state index contributed by atoms with van der Waals surface area (Å²) in [4.78, 5) is 15.2. The summed E-state index contributed by atoms with van der Waals surface area (Å²) in [7, 11) is 0. The fourth-order valence-electron chi connectivity index (χ4n) is 4.63. The molecule has 7 heteroatoms. The molecule has 1 saturated heterocycles. The molecule has 1 fully saturated rings. The Morgan fingerprint density at radius 1 is 1.17 bits per heavy atom. The number of carbonyl (C=O) groups excluding carboxylic acids is 1. The van der Waals surface area contributed by atoms with E-state index in [2.05, 4.69) is 12.2 Å². The van der Waals surface area contributed by atoms with Crippen LogP contribution in [-0.2, 0) is 25.9 Å². The number of amides is 1. The van der Waals surface area contributed by atoms with Crippen molar-refractivity contribution in [2.45, 2.75) is 71.0 Å². The zero-order chi connectivity index (χ0) is 21.1. The summed E-state index contributed by atoms with van der Waals surface area (Å²) in [5.74, 6) is -1.60. The molecule has 0 spiro atoms. The van der Waals surface area contributed by atoms with Crippen LogP contribution in [0.25, 0.3) is 0 Å². The van der Waals surface area contributed by atoms with E-state index in [-0.39, 0.29) is 11.9 Å². The van der Waals surface area contributed by atoms with Gasteiger partial charge in [0.2, 0.25) is 0 Å². The molecule has 30 heavy (non-hydrogen) atoms. The summed E-state index contributed by atoms with van der Waals surface area (Å²) >= 11 is 0. The van der Waals surface area contributed by atoms with Crippen LogP contribution in [0.1, 0.15) is 66.3 Å². The maximum Gasteiger partial charge on any atom is 0.274 e. The number of carbonyl (C=O) groups is 1. The molecule has 0 bridgehead atoms. The van der Waals surface area contributed by atoms with Gasteiger partial charge in [-0.3, -0.25) is 9.48 Å². The molecular weight excluding hydrogens is 386 g/mol. The molecule has 2 heterocycles. The predicted molar refractivity (Wildman–Crippen MR) is 111 cm³/mol. The molecule has 1 amide bonds. The van der Waals surface area contributed by atoms with Gasteiger partial charge >= 0.3 is 0 Å². The largest absolute Gasteiger partial charge is 0.337 e. The molecule has 0 radical (unpaired) electrons. The molecule has 2 aliphatic rings. The fourth-order valence-corrected chi connectivity index (χ4v) is 4.63. The van der Waals surface area contributed by atoms with Crippen molar-refractivity contribution in [1.82, 2.24) is 20.0 Å². The van der Waals surface area contributed by atoms with Crippen LogP contribution in [0.3, 0.4) is 0 Å². The summed E-state index contributed by atoms with van der Waals surface area (Å²) in [6.07, 6.45) is 7.00. The van der Waals surface area contributed by atoms with E-state index in [0.717, 1.165) is 63.4 Å². The molecular formula is C23H30F2N4O. The third-order valence-corrected chi connectivity index (χ3v) is 6.32. The van der Waals surface area contributed by atoms with E-state index < -0.39 is 11.6 Å². The quantitative estimate of drug-likeness (QED) is 0.806. The number of hydrogen-bond donors (Lipinski definition) is 1. The molecule has 2 aromatic rings. The Bertz CT molecular complexity index is 903. The summed E-state index contributed by atoms with van der Waals surface area (Å²) in [6.45, 7) is 4.90. The van der Waals surface area contributed by atoms with Gasteiger partial charge < -0.3 is 10.2 Å². The van der Waals surface area contributed by atoms with Crippen LogP contribution in [-0.4, -0.2) is 39.7 Å². The summed E-state index contributed by atoms with van der Waals surface area (Å²) in [5, 5.41) is 8.15. The van der Waals surface area contributed by atoms with E-state index in [9.17, 15) is 13.6 Å². The maximum atomic E-state index is 13.5. The smallest absolute Gasteiger partial charge is 0.274 e. The first-order valence-corrected chi connectivity index (χ1v) is 11.1. The van der Waals surface area contributed by atoms with Crippen molar-refractivity contribution in [2.24, 2.45) is 0 Å². The van der Waals surface area contributed by atoms with Crippen LogP contribution in [0.15, 0.2) is 18.2 Å². The van der Waals surface area contributed by atoms with Gasteiger partial charge in [-0.15, -0.1) is 0 Å². The summed E-state index contributed by atoms with van der Waals surface area (Å²) in [6, 6.07) is 4.17. The minimum Gasteiger partial charge on any atom is -0.337 e. The number of rotatable bonds is 5. The van der Waals surface area contributed by atoms with Crippen molar-refractivity contribution in [3.8, 4) is 0 Å².